The van der Waals surface area contributed by atoms with Crippen LogP contribution in [-0.2, 0) is 7.05 Å². The standard InChI is InChI=1S/C8H14BrN3O/c1-3-6(10)8(13)7-5(9)4-11-12(7)2/h4,6,8,13H,3,10H2,1-2H3. The molecule has 0 saturated carbocycles. The van der Waals surface area contributed by atoms with Gasteiger partial charge in [0, 0.05) is 13.1 Å². The minimum absolute atomic E-state index is 0.244. The van der Waals surface area contributed by atoms with Crippen molar-refractivity contribution in [3.05, 3.63) is 16.4 Å². The van der Waals surface area contributed by atoms with Gasteiger partial charge in [-0.1, -0.05) is 6.92 Å². The zero-order valence-corrected chi connectivity index (χ0v) is 9.32. The van der Waals surface area contributed by atoms with Crippen LogP contribution in [-0.4, -0.2) is 20.9 Å². The molecule has 0 spiro atoms. The first-order valence-electron chi connectivity index (χ1n) is 4.19. The first-order valence-corrected chi connectivity index (χ1v) is 4.98. The highest BCUT2D eigenvalue weighted by atomic mass is 79.9. The van der Waals surface area contributed by atoms with E-state index >= 15 is 0 Å². The molecule has 0 radical (unpaired) electrons. The zero-order valence-electron chi connectivity index (χ0n) is 7.74. The second-order valence-electron chi connectivity index (χ2n) is 3.02. The Morgan fingerprint density at radius 3 is 2.77 bits per heavy atom. The van der Waals surface area contributed by atoms with Crippen molar-refractivity contribution in [1.82, 2.24) is 9.78 Å². The van der Waals surface area contributed by atoms with Crippen LogP contribution in [0.25, 0.3) is 0 Å². The lowest BCUT2D eigenvalue weighted by atomic mass is 10.1. The quantitative estimate of drug-likeness (QED) is 0.837. The number of hydrogen-bond donors (Lipinski definition) is 2. The van der Waals surface area contributed by atoms with Crippen molar-refractivity contribution in [2.75, 3.05) is 0 Å². The summed E-state index contributed by atoms with van der Waals surface area (Å²) in [6, 6.07) is -0.244. The van der Waals surface area contributed by atoms with Crippen molar-refractivity contribution in [2.24, 2.45) is 12.8 Å². The number of hydrogen-bond acceptors (Lipinski definition) is 3. The molecule has 0 bridgehead atoms. The molecule has 1 aromatic rings. The molecule has 0 aromatic carbocycles. The van der Waals surface area contributed by atoms with E-state index in [1.165, 1.54) is 0 Å². The van der Waals surface area contributed by atoms with E-state index in [-0.39, 0.29) is 6.04 Å². The summed E-state index contributed by atoms with van der Waals surface area (Å²) >= 11 is 3.32. The van der Waals surface area contributed by atoms with Crippen molar-refractivity contribution in [3.63, 3.8) is 0 Å². The molecule has 0 saturated heterocycles. The van der Waals surface area contributed by atoms with E-state index < -0.39 is 6.10 Å². The first-order chi connectivity index (χ1) is 6.07. The Bertz CT molecular complexity index is 267. The first kappa shape index (κ1) is 10.7. The van der Waals surface area contributed by atoms with Gasteiger partial charge in [-0.2, -0.15) is 5.10 Å². The molecule has 3 N–H and O–H groups in total. The van der Waals surface area contributed by atoms with E-state index in [0.29, 0.717) is 0 Å². The molecule has 0 aliphatic carbocycles. The van der Waals surface area contributed by atoms with Crippen molar-refractivity contribution in [3.8, 4) is 0 Å². The number of nitrogens with two attached hydrogens (primary N) is 1. The van der Waals surface area contributed by atoms with Crippen LogP contribution < -0.4 is 5.73 Å². The SMILES string of the molecule is CCC(N)C(O)c1c(Br)cnn1C. The van der Waals surface area contributed by atoms with Gasteiger partial charge in [0.2, 0.25) is 0 Å². The molecule has 4 nitrogen and oxygen atoms in total. The van der Waals surface area contributed by atoms with Gasteiger partial charge in [0.1, 0.15) is 6.10 Å². The molecule has 1 rings (SSSR count). The predicted molar refractivity (Wildman–Crippen MR) is 54.1 cm³/mol. The predicted octanol–water partition coefficient (Wildman–Crippen LogP) is 0.953. The number of rotatable bonds is 3. The van der Waals surface area contributed by atoms with Gasteiger partial charge in [-0.3, -0.25) is 4.68 Å². The Morgan fingerprint density at radius 1 is 1.77 bits per heavy atom. The van der Waals surface area contributed by atoms with Gasteiger partial charge >= 0.3 is 0 Å². The minimum atomic E-state index is -0.660. The average Bonchev–Trinajstić information content (AvgIpc) is 2.44. The highest BCUT2D eigenvalue weighted by Gasteiger charge is 2.21. The van der Waals surface area contributed by atoms with E-state index in [4.69, 9.17) is 5.73 Å². The maximum absolute atomic E-state index is 9.82. The number of aromatic nitrogens is 2. The molecule has 0 aliphatic heterocycles. The van der Waals surface area contributed by atoms with Crippen molar-refractivity contribution >= 4 is 15.9 Å². The summed E-state index contributed by atoms with van der Waals surface area (Å²) in [5.41, 5.74) is 6.46. The summed E-state index contributed by atoms with van der Waals surface area (Å²) in [5.74, 6) is 0. The number of nitrogens with zero attached hydrogens (tertiary/aromatic N) is 2. The summed E-state index contributed by atoms with van der Waals surface area (Å²) in [7, 11) is 1.78. The van der Waals surface area contributed by atoms with Crippen LogP contribution in [0.4, 0.5) is 0 Å². The van der Waals surface area contributed by atoms with Crippen LogP contribution in [0.1, 0.15) is 25.1 Å². The molecular formula is C8H14BrN3O. The zero-order chi connectivity index (χ0) is 10.0. The van der Waals surface area contributed by atoms with Gasteiger partial charge in [-0.25, -0.2) is 0 Å². The van der Waals surface area contributed by atoms with Crippen molar-refractivity contribution < 1.29 is 5.11 Å². The molecule has 0 amide bonds. The number of aliphatic hydroxyl groups excluding tert-OH is 1. The van der Waals surface area contributed by atoms with Gasteiger partial charge in [-0.15, -0.1) is 0 Å². The number of aryl methyl sites for hydroxylation is 1. The molecule has 1 aromatic heterocycles. The fraction of sp³-hybridized carbons (Fsp3) is 0.625. The molecule has 2 atom stereocenters. The topological polar surface area (TPSA) is 64.1 Å². The molecule has 74 valence electrons. The highest BCUT2D eigenvalue weighted by molar-refractivity contribution is 9.10. The summed E-state index contributed by atoms with van der Waals surface area (Å²) in [5, 5.41) is 13.8. The number of halogens is 1. The maximum Gasteiger partial charge on any atom is 0.112 e. The highest BCUT2D eigenvalue weighted by Crippen LogP contribution is 2.24. The molecule has 5 heteroatoms. The summed E-state index contributed by atoms with van der Waals surface area (Å²) in [6.45, 7) is 1.94. The van der Waals surface area contributed by atoms with Gasteiger partial charge in [-0.05, 0) is 22.4 Å². The van der Waals surface area contributed by atoms with Gasteiger partial charge in [0.05, 0.1) is 16.4 Å². The van der Waals surface area contributed by atoms with E-state index in [0.717, 1.165) is 16.6 Å². The maximum atomic E-state index is 9.82. The van der Waals surface area contributed by atoms with E-state index in [2.05, 4.69) is 21.0 Å². The summed E-state index contributed by atoms with van der Waals surface area (Å²) in [6.07, 6.45) is 1.73. The summed E-state index contributed by atoms with van der Waals surface area (Å²) in [4.78, 5) is 0. The van der Waals surface area contributed by atoms with Gasteiger partial charge in [0.15, 0.2) is 0 Å². The molecule has 0 fully saturated rings. The molecule has 13 heavy (non-hydrogen) atoms. The average molecular weight is 248 g/mol. The van der Waals surface area contributed by atoms with Crippen LogP contribution in [0.3, 0.4) is 0 Å². The van der Waals surface area contributed by atoms with Crippen LogP contribution in [0.5, 0.6) is 0 Å². The Morgan fingerprint density at radius 2 is 2.38 bits per heavy atom. The third-order valence-corrected chi connectivity index (χ3v) is 2.71. The lowest BCUT2D eigenvalue weighted by Crippen LogP contribution is -2.29. The lowest BCUT2D eigenvalue weighted by molar-refractivity contribution is 0.135. The van der Waals surface area contributed by atoms with Gasteiger partial charge in [0.25, 0.3) is 0 Å². The Labute approximate surface area is 85.9 Å². The monoisotopic (exact) mass is 247 g/mol. The molecule has 1 heterocycles. The number of aliphatic hydroxyl groups is 1. The fourth-order valence-electron chi connectivity index (χ4n) is 1.18. The second-order valence-corrected chi connectivity index (χ2v) is 3.87. The lowest BCUT2D eigenvalue weighted by Gasteiger charge is -2.17. The van der Waals surface area contributed by atoms with E-state index in [1.807, 2.05) is 6.92 Å². The smallest absolute Gasteiger partial charge is 0.112 e. The minimum Gasteiger partial charge on any atom is -0.385 e. The second kappa shape index (κ2) is 4.21. The van der Waals surface area contributed by atoms with E-state index in [9.17, 15) is 5.11 Å². The van der Waals surface area contributed by atoms with Crippen molar-refractivity contribution in [1.29, 1.82) is 0 Å². The Kier molecular flexibility index (Phi) is 3.47. The molecule has 0 aliphatic rings. The van der Waals surface area contributed by atoms with Crippen molar-refractivity contribution in [2.45, 2.75) is 25.5 Å². The third kappa shape index (κ3) is 2.10. The van der Waals surface area contributed by atoms with Crippen LogP contribution in [0, 0.1) is 0 Å². The Hall–Kier alpha value is -0.390. The normalized spacial score (nSPS) is 15.8. The van der Waals surface area contributed by atoms with Crippen LogP contribution in [0.15, 0.2) is 10.7 Å². The van der Waals surface area contributed by atoms with Gasteiger partial charge < -0.3 is 10.8 Å². The Balaban J connectivity index is 2.93. The van der Waals surface area contributed by atoms with E-state index in [1.54, 1.807) is 17.9 Å². The fourth-order valence-corrected chi connectivity index (χ4v) is 1.76. The largest absolute Gasteiger partial charge is 0.385 e. The summed E-state index contributed by atoms with van der Waals surface area (Å²) < 4.78 is 2.43. The van der Waals surface area contributed by atoms with Crippen LogP contribution >= 0.6 is 15.9 Å². The molecule has 2 unspecified atom stereocenters. The molecular weight excluding hydrogens is 234 g/mol. The third-order valence-electron chi connectivity index (χ3n) is 2.09. The van der Waals surface area contributed by atoms with Crippen LogP contribution in [0.2, 0.25) is 0 Å².